The van der Waals surface area contributed by atoms with Crippen LogP contribution in [-0.4, -0.2) is 120 Å². The first-order valence-corrected chi connectivity index (χ1v) is 24.1. The predicted octanol–water partition coefficient (Wildman–Crippen LogP) is 5.09. The van der Waals surface area contributed by atoms with Crippen LogP contribution in [0, 0.1) is 23.2 Å². The van der Waals surface area contributed by atoms with Crippen LogP contribution in [0.15, 0.2) is 67.3 Å². The highest BCUT2D eigenvalue weighted by atomic mass is 32.2. The SMILES string of the molecule is C=C[C@@H]1C[C@]1(NC(=O)[C@@H]1C[C@@H](Oc2cc(-c3ccccc3)nc3cc(OC)ccc23)CN1C(=O)[C@@H](CC(=O)N1CCCC(C(=O)N(CC)CC)C1)C(C)(C)C)C(=O)NS(=O)(=O)C1CC1. The Labute approximate surface area is 376 Å². The maximum Gasteiger partial charge on any atom is 0.259 e. The summed E-state index contributed by atoms with van der Waals surface area (Å²) in [5, 5.41) is 2.89. The van der Waals surface area contributed by atoms with Crippen LogP contribution in [0.25, 0.3) is 22.2 Å². The van der Waals surface area contributed by atoms with Crippen LogP contribution in [0.3, 0.4) is 0 Å². The first-order valence-electron chi connectivity index (χ1n) is 22.5. The molecule has 0 bridgehead atoms. The van der Waals surface area contributed by atoms with Crippen molar-refractivity contribution < 1.29 is 41.9 Å². The van der Waals surface area contributed by atoms with Crippen LogP contribution >= 0.6 is 0 Å². The first kappa shape index (κ1) is 46.5. The summed E-state index contributed by atoms with van der Waals surface area (Å²) in [6, 6.07) is 15.7. The molecular weight excluding hydrogens is 837 g/mol. The van der Waals surface area contributed by atoms with E-state index in [0.29, 0.717) is 73.4 Å². The number of carbonyl (C=O) groups is 5. The van der Waals surface area contributed by atoms with E-state index in [1.807, 2.05) is 83.1 Å². The lowest BCUT2D eigenvalue weighted by Crippen LogP contribution is -2.57. The Hall–Kier alpha value is -5.51. The second kappa shape index (κ2) is 18.5. The van der Waals surface area contributed by atoms with Crippen LogP contribution in [-0.2, 0) is 34.0 Å². The molecule has 4 fully saturated rings. The average Bonchev–Trinajstić information content (AvgIpc) is 4.22. The Balaban J connectivity index is 1.20. The van der Waals surface area contributed by atoms with E-state index in [2.05, 4.69) is 16.6 Å². The molecule has 2 N–H and O–H groups in total. The summed E-state index contributed by atoms with van der Waals surface area (Å²) in [5.41, 5.74) is -0.223. The van der Waals surface area contributed by atoms with E-state index in [-0.39, 0.29) is 50.1 Å². The molecule has 2 aliphatic heterocycles. The molecule has 2 aliphatic carbocycles. The normalized spacial score (nSPS) is 23.8. The fourth-order valence-electron chi connectivity index (χ4n) is 9.20. The predicted molar refractivity (Wildman–Crippen MR) is 242 cm³/mol. The van der Waals surface area contributed by atoms with Gasteiger partial charge in [0.05, 0.1) is 42.0 Å². The second-order valence-electron chi connectivity index (χ2n) is 18.7. The average molecular weight is 899 g/mol. The number of carbonyl (C=O) groups excluding carboxylic acids is 5. The Bertz CT molecular complexity index is 2400. The van der Waals surface area contributed by atoms with E-state index in [0.717, 1.165) is 5.56 Å². The van der Waals surface area contributed by atoms with Gasteiger partial charge in [-0.3, -0.25) is 28.7 Å². The molecule has 5 amide bonds. The number of nitrogens with zero attached hydrogens (tertiary/aromatic N) is 4. The van der Waals surface area contributed by atoms with Crippen LogP contribution in [0.2, 0.25) is 0 Å². The number of pyridine rings is 1. The fourth-order valence-corrected chi connectivity index (χ4v) is 10.6. The molecule has 4 aliphatic rings. The second-order valence-corrected chi connectivity index (χ2v) is 20.7. The lowest BCUT2D eigenvalue weighted by atomic mass is 9.77. The number of hydrogen-bond acceptors (Lipinski definition) is 10. The highest BCUT2D eigenvalue weighted by Gasteiger charge is 2.62. The van der Waals surface area contributed by atoms with E-state index >= 15 is 4.79 Å². The molecule has 0 radical (unpaired) electrons. The highest BCUT2D eigenvalue weighted by Crippen LogP contribution is 2.46. The van der Waals surface area contributed by atoms with Crippen molar-refractivity contribution in [2.45, 2.75) is 102 Å². The lowest BCUT2D eigenvalue weighted by Gasteiger charge is -2.38. The molecule has 2 saturated heterocycles. The summed E-state index contributed by atoms with van der Waals surface area (Å²) in [6.45, 7) is 15.2. The molecule has 1 aromatic heterocycles. The summed E-state index contributed by atoms with van der Waals surface area (Å²) in [7, 11) is -2.36. The minimum absolute atomic E-state index is 0.0193. The molecule has 1 unspecified atom stereocenters. The summed E-state index contributed by atoms with van der Waals surface area (Å²) < 4.78 is 40.3. The van der Waals surface area contributed by atoms with Gasteiger partial charge in [0, 0.05) is 68.0 Å². The molecule has 16 heteroatoms. The number of aromatic nitrogens is 1. The third-order valence-corrected chi connectivity index (χ3v) is 15.2. The van der Waals surface area contributed by atoms with Crippen molar-refractivity contribution in [2.75, 3.05) is 39.8 Å². The van der Waals surface area contributed by atoms with Gasteiger partial charge < -0.3 is 29.5 Å². The summed E-state index contributed by atoms with van der Waals surface area (Å²) in [6.07, 6.45) is 3.05. The zero-order chi connectivity index (χ0) is 46.1. The number of fused-ring (bicyclic) bond motifs is 1. The van der Waals surface area contributed by atoms with Gasteiger partial charge in [0.1, 0.15) is 29.2 Å². The zero-order valence-electron chi connectivity index (χ0n) is 37.8. The number of methoxy groups -OCH3 is 1. The van der Waals surface area contributed by atoms with Gasteiger partial charge in [-0.05, 0) is 63.5 Å². The number of ether oxygens (including phenoxy) is 2. The maximum atomic E-state index is 15.2. The summed E-state index contributed by atoms with van der Waals surface area (Å²) >= 11 is 0. The highest BCUT2D eigenvalue weighted by molar-refractivity contribution is 7.91. The number of likely N-dealkylation sites (tertiary alicyclic amines) is 2. The minimum Gasteiger partial charge on any atom is -0.497 e. The number of hydrogen-bond donors (Lipinski definition) is 2. The quantitative estimate of drug-likeness (QED) is 0.184. The molecule has 15 nitrogen and oxygen atoms in total. The van der Waals surface area contributed by atoms with E-state index in [1.54, 1.807) is 23.0 Å². The minimum atomic E-state index is -3.93. The molecule has 6 atom stereocenters. The van der Waals surface area contributed by atoms with E-state index in [1.165, 1.54) is 11.0 Å². The van der Waals surface area contributed by atoms with Gasteiger partial charge >= 0.3 is 0 Å². The molecule has 3 aromatic rings. The van der Waals surface area contributed by atoms with Gasteiger partial charge in [-0.1, -0.05) is 57.2 Å². The number of sulfonamides is 1. The largest absolute Gasteiger partial charge is 0.497 e. The third-order valence-electron chi connectivity index (χ3n) is 13.4. The van der Waals surface area contributed by atoms with Gasteiger partial charge in [-0.25, -0.2) is 13.4 Å². The number of piperidine rings is 1. The fraction of sp³-hybridized carbons (Fsp3) is 0.542. The number of nitrogens with one attached hydrogen (secondary N) is 2. The van der Waals surface area contributed by atoms with Crippen molar-refractivity contribution in [1.82, 2.24) is 29.7 Å². The number of benzene rings is 2. The smallest absolute Gasteiger partial charge is 0.259 e. The van der Waals surface area contributed by atoms with Crippen LogP contribution in [0.1, 0.15) is 79.6 Å². The molecule has 64 heavy (non-hydrogen) atoms. The van der Waals surface area contributed by atoms with Gasteiger partial charge in [-0.2, -0.15) is 0 Å². The van der Waals surface area contributed by atoms with Gasteiger partial charge in [-0.15, -0.1) is 6.58 Å². The monoisotopic (exact) mass is 898 g/mol. The Morgan fingerprint density at radius 3 is 2.36 bits per heavy atom. The van der Waals surface area contributed by atoms with Crippen LogP contribution in [0.5, 0.6) is 11.5 Å². The van der Waals surface area contributed by atoms with Gasteiger partial charge in [0.15, 0.2) is 0 Å². The molecule has 344 valence electrons. The first-order chi connectivity index (χ1) is 30.4. The summed E-state index contributed by atoms with van der Waals surface area (Å²) in [4.78, 5) is 81.0. The number of rotatable bonds is 16. The molecule has 3 heterocycles. The third kappa shape index (κ3) is 9.76. The zero-order valence-corrected chi connectivity index (χ0v) is 38.6. The Morgan fingerprint density at radius 1 is 1.02 bits per heavy atom. The van der Waals surface area contributed by atoms with E-state index in [4.69, 9.17) is 14.5 Å². The number of amides is 5. The van der Waals surface area contributed by atoms with E-state index < -0.39 is 67.9 Å². The van der Waals surface area contributed by atoms with Crippen molar-refractivity contribution >= 4 is 50.5 Å². The molecule has 0 spiro atoms. The van der Waals surface area contributed by atoms with Crippen molar-refractivity contribution in [3.63, 3.8) is 0 Å². The standard InChI is InChI=1S/C48H62N6O9S/c1-8-32-27-48(32,46(59)51-64(60,61)35-19-20-35)50-43(56)40-24-34(63-41-26-38(30-15-12-11-13-16-30)49-39-23-33(62-7)18-21-36(39)41)29-54(40)45(58)37(47(4,5)6)25-42(55)53-22-14-17-31(28-53)44(57)52(9-2)10-3/h8,11-13,15-16,18,21,23,26,31-32,34-35,37,40H,1,9-10,14,17,19-20,22,24-25,27-29H2,2-7H3,(H,50,56)(H,51,59)/t31?,32-,34-,37-,40+,48-/m1/s1. The van der Waals surface area contributed by atoms with Crippen molar-refractivity contribution in [1.29, 1.82) is 0 Å². The Morgan fingerprint density at radius 2 is 1.73 bits per heavy atom. The topological polar surface area (TPSA) is 185 Å². The molecule has 7 rings (SSSR count). The van der Waals surface area contributed by atoms with Gasteiger partial charge in [0.2, 0.25) is 33.7 Å². The molecule has 2 saturated carbocycles. The summed E-state index contributed by atoms with van der Waals surface area (Å²) in [5.74, 6) is -2.82. The van der Waals surface area contributed by atoms with E-state index in [9.17, 15) is 27.6 Å². The van der Waals surface area contributed by atoms with Crippen LogP contribution < -0.4 is 19.5 Å². The van der Waals surface area contributed by atoms with Crippen LogP contribution in [0.4, 0.5) is 0 Å². The molecular formula is C48H62N6O9S. The van der Waals surface area contributed by atoms with Crippen molar-refractivity contribution in [2.24, 2.45) is 23.2 Å². The molecule has 2 aromatic carbocycles. The Kier molecular flexibility index (Phi) is 13.5. The van der Waals surface area contributed by atoms with Gasteiger partial charge in [0.25, 0.3) is 5.91 Å². The lowest BCUT2D eigenvalue weighted by molar-refractivity contribution is -0.149. The van der Waals surface area contributed by atoms with Crippen molar-refractivity contribution in [3.8, 4) is 22.8 Å². The van der Waals surface area contributed by atoms with Crippen molar-refractivity contribution in [3.05, 3.63) is 67.3 Å². The maximum absolute atomic E-state index is 15.2.